The van der Waals surface area contributed by atoms with Crippen molar-refractivity contribution in [1.82, 2.24) is 24.1 Å². The van der Waals surface area contributed by atoms with Crippen LogP contribution in [0.3, 0.4) is 0 Å². The van der Waals surface area contributed by atoms with Gasteiger partial charge in [0.05, 0.1) is 19.9 Å². The van der Waals surface area contributed by atoms with Gasteiger partial charge in [-0.2, -0.15) is 0 Å². The number of pyridine rings is 1. The van der Waals surface area contributed by atoms with Crippen molar-refractivity contribution in [2.24, 2.45) is 0 Å². The highest BCUT2D eigenvalue weighted by molar-refractivity contribution is 7.92. The lowest BCUT2D eigenvalue weighted by molar-refractivity contribution is 0.119. The van der Waals surface area contributed by atoms with Gasteiger partial charge in [0.1, 0.15) is 40.5 Å². The number of aryl methyl sites for hydroxylation is 1. The lowest BCUT2D eigenvalue weighted by Gasteiger charge is -2.18. The van der Waals surface area contributed by atoms with Crippen LogP contribution in [0, 0.1) is 6.92 Å². The van der Waals surface area contributed by atoms with Crippen LogP contribution in [0.5, 0.6) is 11.5 Å². The van der Waals surface area contributed by atoms with Gasteiger partial charge in [-0.15, -0.1) is 10.2 Å². The molecule has 5 rings (SSSR count). The molecule has 0 radical (unpaired) electrons. The molecule has 13 heteroatoms. The lowest BCUT2D eigenvalue weighted by atomic mass is 10.2. The summed E-state index contributed by atoms with van der Waals surface area (Å²) in [7, 11) is 0.412. The number of fused-ring (bicyclic) bond motifs is 1. The second-order valence-corrected chi connectivity index (χ2v) is 10.1. The molecule has 198 valence electrons. The number of methoxy groups -OCH3 is 3. The topological polar surface area (TPSA) is 135 Å². The molecule has 0 unspecified atom stereocenters. The van der Waals surface area contributed by atoms with Crippen LogP contribution in [0.25, 0.3) is 22.9 Å². The van der Waals surface area contributed by atoms with Gasteiger partial charge in [-0.05, 0) is 43.3 Å². The standard InChI is InChI=1S/C25H26N6O6S/c1-16-11-12-20(37-16)24-27-28-25(31(24)23-18(34-2)8-7-9-19(23)35-3)29-38(32,33)15-21(36-4)17-14-30-13-6-5-10-22(30)26-17/h5-14,21H,15H2,1-4H3,(H,28,29)/t21-/m1/s1. The Hall–Kier alpha value is -4.36. The van der Waals surface area contributed by atoms with Gasteiger partial charge < -0.3 is 23.0 Å². The molecule has 4 heterocycles. The summed E-state index contributed by atoms with van der Waals surface area (Å²) in [6.07, 6.45) is 2.72. The van der Waals surface area contributed by atoms with E-state index >= 15 is 0 Å². The van der Waals surface area contributed by atoms with Crippen molar-refractivity contribution in [3.8, 4) is 28.8 Å². The van der Waals surface area contributed by atoms with Gasteiger partial charge in [0.15, 0.2) is 5.76 Å². The molecule has 0 amide bonds. The van der Waals surface area contributed by atoms with E-state index in [1.54, 1.807) is 47.9 Å². The maximum absolute atomic E-state index is 13.4. The monoisotopic (exact) mass is 538 g/mol. The molecule has 38 heavy (non-hydrogen) atoms. The van der Waals surface area contributed by atoms with E-state index in [1.807, 2.05) is 24.4 Å². The zero-order valence-corrected chi connectivity index (χ0v) is 22.0. The summed E-state index contributed by atoms with van der Waals surface area (Å²) >= 11 is 0. The summed E-state index contributed by atoms with van der Waals surface area (Å²) in [5.41, 5.74) is 1.55. The molecule has 0 saturated carbocycles. The Bertz CT molecular complexity index is 1630. The van der Waals surface area contributed by atoms with Gasteiger partial charge in [-0.3, -0.25) is 9.29 Å². The number of rotatable bonds is 10. The largest absolute Gasteiger partial charge is 0.494 e. The minimum absolute atomic E-state index is 0.0818. The Morgan fingerprint density at radius 2 is 1.76 bits per heavy atom. The molecule has 1 aromatic carbocycles. The number of nitrogens with one attached hydrogen (secondary N) is 1. The molecule has 1 N–H and O–H groups in total. The first-order chi connectivity index (χ1) is 18.3. The molecule has 0 aliphatic carbocycles. The molecule has 0 spiro atoms. The van der Waals surface area contributed by atoms with Crippen LogP contribution in [0.1, 0.15) is 17.6 Å². The van der Waals surface area contributed by atoms with Crippen molar-refractivity contribution >= 4 is 21.6 Å². The molecule has 1 atom stereocenters. The second-order valence-electron chi connectivity index (χ2n) is 8.34. The van der Waals surface area contributed by atoms with Gasteiger partial charge in [-0.25, -0.2) is 13.4 Å². The minimum atomic E-state index is -4.02. The third kappa shape index (κ3) is 4.80. The van der Waals surface area contributed by atoms with Crippen LogP contribution in [0.15, 0.2) is 65.3 Å². The summed E-state index contributed by atoms with van der Waals surface area (Å²) in [6, 6.07) is 14.2. The smallest absolute Gasteiger partial charge is 0.243 e. The number of anilines is 1. The van der Waals surface area contributed by atoms with Crippen LogP contribution in [0.2, 0.25) is 0 Å². The summed E-state index contributed by atoms with van der Waals surface area (Å²) in [6.45, 7) is 1.79. The van der Waals surface area contributed by atoms with E-state index in [2.05, 4.69) is 19.9 Å². The van der Waals surface area contributed by atoms with Crippen molar-refractivity contribution in [3.63, 3.8) is 0 Å². The summed E-state index contributed by atoms with van der Waals surface area (Å²) in [4.78, 5) is 4.50. The number of benzene rings is 1. The van der Waals surface area contributed by atoms with E-state index in [0.29, 0.717) is 40.0 Å². The molecule has 4 aromatic heterocycles. The van der Waals surface area contributed by atoms with Crippen LogP contribution in [-0.2, 0) is 14.8 Å². The number of para-hydroxylation sites is 1. The average Bonchev–Trinajstić information content (AvgIpc) is 3.64. The highest BCUT2D eigenvalue weighted by atomic mass is 32.2. The highest BCUT2D eigenvalue weighted by Gasteiger charge is 2.29. The molecule has 0 bridgehead atoms. The average molecular weight is 539 g/mol. The van der Waals surface area contributed by atoms with Crippen molar-refractivity contribution in [2.75, 3.05) is 31.8 Å². The van der Waals surface area contributed by atoms with E-state index in [1.165, 1.54) is 25.9 Å². The van der Waals surface area contributed by atoms with Gasteiger partial charge in [0.2, 0.25) is 21.8 Å². The van der Waals surface area contributed by atoms with E-state index in [4.69, 9.17) is 18.6 Å². The molecular weight excluding hydrogens is 512 g/mol. The molecule has 5 aromatic rings. The summed E-state index contributed by atoms with van der Waals surface area (Å²) in [5, 5.41) is 8.38. The third-order valence-corrected chi connectivity index (χ3v) is 7.10. The third-order valence-electron chi connectivity index (χ3n) is 5.86. The fourth-order valence-corrected chi connectivity index (χ4v) is 5.29. The van der Waals surface area contributed by atoms with E-state index in [0.717, 1.165) is 0 Å². The fraction of sp³-hybridized carbons (Fsp3) is 0.240. The van der Waals surface area contributed by atoms with Crippen molar-refractivity contribution in [3.05, 3.63) is 72.4 Å². The zero-order chi connectivity index (χ0) is 26.9. The number of ether oxygens (including phenoxy) is 3. The lowest BCUT2D eigenvalue weighted by Crippen LogP contribution is -2.24. The number of sulfonamides is 1. The first kappa shape index (κ1) is 25.3. The van der Waals surface area contributed by atoms with Gasteiger partial charge in [-0.1, -0.05) is 12.1 Å². The Morgan fingerprint density at radius 1 is 1.00 bits per heavy atom. The molecule has 0 fully saturated rings. The predicted molar refractivity (Wildman–Crippen MR) is 139 cm³/mol. The Balaban J connectivity index is 1.55. The molecule has 0 saturated heterocycles. The highest BCUT2D eigenvalue weighted by Crippen LogP contribution is 2.38. The minimum Gasteiger partial charge on any atom is -0.494 e. The zero-order valence-electron chi connectivity index (χ0n) is 21.2. The van der Waals surface area contributed by atoms with Gasteiger partial charge in [0, 0.05) is 19.5 Å². The Morgan fingerprint density at radius 3 is 2.39 bits per heavy atom. The Labute approximate surface area is 218 Å². The summed E-state index contributed by atoms with van der Waals surface area (Å²) in [5.74, 6) is 1.61. The van der Waals surface area contributed by atoms with E-state index in [9.17, 15) is 8.42 Å². The second kappa shape index (κ2) is 10.2. The Kier molecular flexibility index (Phi) is 6.78. The molecule has 0 aliphatic heterocycles. The molecule has 12 nitrogen and oxygen atoms in total. The first-order valence-corrected chi connectivity index (χ1v) is 13.2. The summed E-state index contributed by atoms with van der Waals surface area (Å²) < 4.78 is 55.1. The number of aromatic nitrogens is 5. The van der Waals surface area contributed by atoms with Crippen molar-refractivity contribution in [2.45, 2.75) is 13.0 Å². The maximum atomic E-state index is 13.4. The quantitative estimate of drug-likeness (QED) is 0.283. The number of furan rings is 1. The SMILES string of the molecule is COc1cccc(OC)c1-n1c(NS(=O)(=O)C[C@@H](OC)c2cn3ccccc3n2)nnc1-c1ccc(C)o1. The van der Waals surface area contributed by atoms with E-state index < -0.39 is 21.9 Å². The van der Waals surface area contributed by atoms with Crippen LogP contribution in [0.4, 0.5) is 5.95 Å². The fourth-order valence-electron chi connectivity index (χ4n) is 4.09. The van der Waals surface area contributed by atoms with E-state index in [-0.39, 0.29) is 11.8 Å². The molecular formula is C25H26N6O6S. The number of imidazole rings is 1. The van der Waals surface area contributed by atoms with Crippen molar-refractivity contribution < 1.29 is 27.0 Å². The number of hydrogen-bond acceptors (Lipinski definition) is 9. The van der Waals surface area contributed by atoms with Crippen LogP contribution < -0.4 is 14.2 Å². The van der Waals surface area contributed by atoms with Crippen LogP contribution in [-0.4, -0.2) is 59.6 Å². The van der Waals surface area contributed by atoms with Crippen molar-refractivity contribution in [1.29, 1.82) is 0 Å². The maximum Gasteiger partial charge on any atom is 0.243 e. The van der Waals surface area contributed by atoms with Gasteiger partial charge >= 0.3 is 0 Å². The normalized spacial score (nSPS) is 12.5. The van der Waals surface area contributed by atoms with Gasteiger partial charge in [0.25, 0.3) is 0 Å². The first-order valence-electron chi connectivity index (χ1n) is 11.5. The van der Waals surface area contributed by atoms with Crippen LogP contribution >= 0.6 is 0 Å². The number of nitrogens with zero attached hydrogens (tertiary/aromatic N) is 5. The predicted octanol–water partition coefficient (Wildman–Crippen LogP) is 3.63. The number of hydrogen-bond donors (Lipinski definition) is 1. The molecule has 0 aliphatic rings.